The standard InChI is InChI=1S/C17H28N2O/c1-10-7-11(5-6-18-10)17(20)19-16-9-12-8-15(16)14-4-2-3-13(12)14/h10-16,18H,2-9H2,1H3,(H,19,20). The van der Waals surface area contributed by atoms with Crippen LogP contribution in [0.25, 0.3) is 0 Å². The van der Waals surface area contributed by atoms with Crippen molar-refractivity contribution in [3.8, 4) is 0 Å². The first-order valence-electron chi connectivity index (χ1n) is 8.76. The highest BCUT2D eigenvalue weighted by Crippen LogP contribution is 2.58. The van der Waals surface area contributed by atoms with Gasteiger partial charge in [-0.25, -0.2) is 0 Å². The molecule has 3 saturated carbocycles. The fourth-order valence-electron chi connectivity index (χ4n) is 5.90. The predicted octanol–water partition coefficient (Wildman–Crippen LogP) is 2.32. The second-order valence-electron chi connectivity index (χ2n) is 7.85. The van der Waals surface area contributed by atoms with E-state index in [1.807, 2.05) is 0 Å². The zero-order chi connectivity index (χ0) is 13.7. The van der Waals surface area contributed by atoms with E-state index in [4.69, 9.17) is 0 Å². The Kier molecular flexibility index (Phi) is 3.29. The Bertz CT molecular complexity index is 396. The zero-order valence-electron chi connectivity index (χ0n) is 12.6. The number of hydrogen-bond donors (Lipinski definition) is 2. The largest absolute Gasteiger partial charge is 0.353 e. The summed E-state index contributed by atoms with van der Waals surface area (Å²) in [7, 11) is 0. The maximum Gasteiger partial charge on any atom is 0.223 e. The molecule has 4 rings (SSSR count). The SMILES string of the molecule is CC1CC(C(=O)NC2CC3CC2C2CCCC32)CCN1. The fraction of sp³-hybridized carbons (Fsp3) is 0.941. The van der Waals surface area contributed by atoms with Gasteiger partial charge in [0.1, 0.15) is 0 Å². The number of amides is 1. The predicted molar refractivity (Wildman–Crippen MR) is 79.2 cm³/mol. The normalized spacial score (nSPS) is 50.1. The van der Waals surface area contributed by atoms with Gasteiger partial charge in [0, 0.05) is 18.0 Å². The Morgan fingerprint density at radius 2 is 1.90 bits per heavy atom. The summed E-state index contributed by atoms with van der Waals surface area (Å²) in [5.74, 6) is 4.33. The number of carbonyl (C=O) groups is 1. The van der Waals surface area contributed by atoms with E-state index >= 15 is 0 Å². The van der Waals surface area contributed by atoms with Crippen molar-refractivity contribution in [1.29, 1.82) is 0 Å². The van der Waals surface area contributed by atoms with Crippen molar-refractivity contribution < 1.29 is 4.79 Å². The number of rotatable bonds is 2. The molecule has 3 aliphatic carbocycles. The third kappa shape index (κ3) is 2.09. The van der Waals surface area contributed by atoms with Gasteiger partial charge < -0.3 is 10.6 Å². The molecule has 3 heteroatoms. The maximum atomic E-state index is 12.5. The molecule has 0 radical (unpaired) electrons. The summed E-state index contributed by atoms with van der Waals surface area (Å²) in [6.07, 6.45) is 9.05. The Morgan fingerprint density at radius 1 is 1.05 bits per heavy atom. The minimum absolute atomic E-state index is 0.254. The van der Waals surface area contributed by atoms with Gasteiger partial charge in [0.05, 0.1) is 0 Å². The van der Waals surface area contributed by atoms with Crippen molar-refractivity contribution in [1.82, 2.24) is 10.6 Å². The molecule has 4 fully saturated rings. The Labute approximate surface area is 122 Å². The number of carbonyl (C=O) groups excluding carboxylic acids is 1. The van der Waals surface area contributed by atoms with Gasteiger partial charge in [0.2, 0.25) is 5.91 Å². The number of fused-ring (bicyclic) bond motifs is 5. The van der Waals surface area contributed by atoms with Gasteiger partial charge in [-0.2, -0.15) is 0 Å². The average molecular weight is 276 g/mol. The highest BCUT2D eigenvalue weighted by Gasteiger charge is 2.54. The Hall–Kier alpha value is -0.570. The zero-order valence-corrected chi connectivity index (χ0v) is 12.6. The number of nitrogens with one attached hydrogen (secondary N) is 2. The minimum atomic E-state index is 0.254. The van der Waals surface area contributed by atoms with Gasteiger partial charge >= 0.3 is 0 Å². The lowest BCUT2D eigenvalue weighted by molar-refractivity contribution is -0.127. The molecule has 1 saturated heterocycles. The molecule has 4 aliphatic rings. The van der Waals surface area contributed by atoms with Gasteiger partial charge in [0.25, 0.3) is 0 Å². The van der Waals surface area contributed by atoms with Crippen LogP contribution in [0.4, 0.5) is 0 Å². The van der Waals surface area contributed by atoms with Gasteiger partial charge in [-0.15, -0.1) is 0 Å². The van der Waals surface area contributed by atoms with E-state index in [1.165, 1.54) is 32.1 Å². The molecule has 1 heterocycles. The molecule has 0 aromatic carbocycles. The van der Waals surface area contributed by atoms with Crippen molar-refractivity contribution in [3.05, 3.63) is 0 Å². The first kappa shape index (κ1) is 13.1. The number of hydrogen-bond acceptors (Lipinski definition) is 2. The van der Waals surface area contributed by atoms with Crippen LogP contribution in [0.15, 0.2) is 0 Å². The summed E-state index contributed by atoms with van der Waals surface area (Å²) in [5, 5.41) is 6.88. The highest BCUT2D eigenvalue weighted by molar-refractivity contribution is 5.79. The molecule has 2 bridgehead atoms. The smallest absolute Gasteiger partial charge is 0.223 e. The van der Waals surface area contributed by atoms with Crippen LogP contribution < -0.4 is 10.6 Å². The van der Waals surface area contributed by atoms with E-state index in [1.54, 1.807) is 0 Å². The van der Waals surface area contributed by atoms with Crippen molar-refractivity contribution >= 4 is 5.91 Å². The second kappa shape index (κ2) is 5.01. The molecule has 0 spiro atoms. The second-order valence-corrected chi connectivity index (χ2v) is 7.85. The summed E-state index contributed by atoms with van der Waals surface area (Å²) in [6.45, 7) is 3.20. The first-order valence-corrected chi connectivity index (χ1v) is 8.76. The lowest BCUT2D eigenvalue weighted by Gasteiger charge is -2.34. The van der Waals surface area contributed by atoms with Crippen LogP contribution >= 0.6 is 0 Å². The van der Waals surface area contributed by atoms with E-state index in [9.17, 15) is 4.79 Å². The summed E-state index contributed by atoms with van der Waals surface area (Å²) < 4.78 is 0. The monoisotopic (exact) mass is 276 g/mol. The first-order chi connectivity index (χ1) is 9.72. The molecule has 7 atom stereocenters. The molecular formula is C17H28N2O. The van der Waals surface area contributed by atoms with E-state index in [2.05, 4.69) is 17.6 Å². The molecule has 0 aromatic rings. The molecule has 20 heavy (non-hydrogen) atoms. The van der Waals surface area contributed by atoms with Crippen LogP contribution in [0.1, 0.15) is 51.9 Å². The minimum Gasteiger partial charge on any atom is -0.353 e. The van der Waals surface area contributed by atoms with Gasteiger partial charge in [-0.05, 0) is 75.7 Å². The third-order valence-corrected chi connectivity index (χ3v) is 6.75. The van der Waals surface area contributed by atoms with Crippen LogP contribution in [0.5, 0.6) is 0 Å². The molecule has 3 nitrogen and oxygen atoms in total. The van der Waals surface area contributed by atoms with Crippen molar-refractivity contribution in [3.63, 3.8) is 0 Å². The lowest BCUT2D eigenvalue weighted by Crippen LogP contribution is -2.48. The van der Waals surface area contributed by atoms with Gasteiger partial charge in [-0.1, -0.05) is 6.42 Å². The molecule has 1 aliphatic heterocycles. The van der Waals surface area contributed by atoms with Crippen LogP contribution in [0.2, 0.25) is 0 Å². The topological polar surface area (TPSA) is 41.1 Å². The van der Waals surface area contributed by atoms with E-state index < -0.39 is 0 Å². The molecule has 112 valence electrons. The van der Waals surface area contributed by atoms with Crippen molar-refractivity contribution in [2.24, 2.45) is 29.6 Å². The van der Waals surface area contributed by atoms with Crippen molar-refractivity contribution in [2.75, 3.05) is 6.54 Å². The lowest BCUT2D eigenvalue weighted by atomic mass is 9.79. The van der Waals surface area contributed by atoms with Crippen LogP contribution in [0, 0.1) is 29.6 Å². The molecule has 2 N–H and O–H groups in total. The molecule has 7 unspecified atom stereocenters. The Morgan fingerprint density at radius 3 is 2.75 bits per heavy atom. The van der Waals surface area contributed by atoms with Crippen LogP contribution in [-0.2, 0) is 4.79 Å². The highest BCUT2D eigenvalue weighted by atomic mass is 16.2. The van der Waals surface area contributed by atoms with Crippen LogP contribution in [-0.4, -0.2) is 24.5 Å². The maximum absolute atomic E-state index is 12.5. The van der Waals surface area contributed by atoms with Crippen molar-refractivity contribution in [2.45, 2.75) is 64.0 Å². The Balaban J connectivity index is 1.37. The molecule has 1 amide bonds. The average Bonchev–Trinajstić information content (AvgIpc) is 3.10. The summed E-state index contributed by atoms with van der Waals surface area (Å²) in [4.78, 5) is 12.5. The third-order valence-electron chi connectivity index (χ3n) is 6.75. The number of piperidine rings is 1. The summed E-state index contributed by atoms with van der Waals surface area (Å²) in [6, 6.07) is 1.01. The summed E-state index contributed by atoms with van der Waals surface area (Å²) >= 11 is 0. The van der Waals surface area contributed by atoms with E-state index in [-0.39, 0.29) is 5.92 Å². The van der Waals surface area contributed by atoms with E-state index in [0.717, 1.165) is 43.1 Å². The summed E-state index contributed by atoms with van der Waals surface area (Å²) in [5.41, 5.74) is 0. The van der Waals surface area contributed by atoms with E-state index in [0.29, 0.717) is 18.0 Å². The van der Waals surface area contributed by atoms with Gasteiger partial charge in [0.15, 0.2) is 0 Å². The van der Waals surface area contributed by atoms with Gasteiger partial charge in [-0.3, -0.25) is 4.79 Å². The molecule has 0 aromatic heterocycles. The van der Waals surface area contributed by atoms with Crippen LogP contribution in [0.3, 0.4) is 0 Å². The fourth-order valence-corrected chi connectivity index (χ4v) is 5.90. The molecular weight excluding hydrogens is 248 g/mol. The quantitative estimate of drug-likeness (QED) is 0.812.